The molecule has 2 N–H and O–H groups in total. The molecule has 2 rings (SSSR count). The van der Waals surface area contributed by atoms with Gasteiger partial charge in [-0.15, -0.1) is 35.3 Å². The van der Waals surface area contributed by atoms with Crippen molar-refractivity contribution in [1.82, 2.24) is 15.6 Å². The highest BCUT2D eigenvalue weighted by Gasteiger charge is 2.06. The Balaban J connectivity index is 0.00000392. The van der Waals surface area contributed by atoms with E-state index in [9.17, 15) is 8.42 Å². The van der Waals surface area contributed by atoms with Crippen molar-refractivity contribution in [3.8, 4) is 0 Å². The molecule has 0 amide bonds. The number of hydrogen-bond acceptors (Lipinski definition) is 5. The number of guanidine groups is 1. The van der Waals surface area contributed by atoms with Crippen molar-refractivity contribution in [2.24, 2.45) is 4.99 Å². The molecule has 0 radical (unpaired) electrons. The van der Waals surface area contributed by atoms with E-state index >= 15 is 0 Å². The molecule has 0 spiro atoms. The number of aliphatic imine (C=N–C) groups is 1. The Kier molecular flexibility index (Phi) is 10.4. The summed E-state index contributed by atoms with van der Waals surface area (Å²) in [7, 11) is -3.14. The largest absolute Gasteiger partial charge is 0.357 e. The zero-order valence-electron chi connectivity index (χ0n) is 16.8. The highest BCUT2D eigenvalue weighted by atomic mass is 127. The van der Waals surface area contributed by atoms with Crippen LogP contribution in [0.1, 0.15) is 28.1 Å². The lowest BCUT2D eigenvalue weighted by atomic mass is 10.1. The average Bonchev–Trinajstić information content (AvgIpc) is 2.92. The first kappa shape index (κ1) is 24.8. The lowest BCUT2D eigenvalue weighted by molar-refractivity contribution is 0.602. The van der Waals surface area contributed by atoms with Crippen molar-refractivity contribution >= 4 is 51.1 Å². The molecule has 2 aromatic rings. The molecule has 9 heteroatoms. The minimum absolute atomic E-state index is 0. The van der Waals surface area contributed by atoms with Crippen LogP contribution in [-0.4, -0.2) is 45.3 Å². The number of benzene rings is 1. The van der Waals surface area contributed by atoms with Crippen molar-refractivity contribution in [3.05, 3.63) is 45.4 Å². The fraction of sp³-hybridized carbons (Fsp3) is 0.474. The van der Waals surface area contributed by atoms with E-state index in [-0.39, 0.29) is 24.0 Å². The molecule has 0 aliphatic carbocycles. The second kappa shape index (κ2) is 11.7. The molecule has 0 atom stereocenters. The Morgan fingerprint density at radius 2 is 1.82 bits per heavy atom. The van der Waals surface area contributed by atoms with Gasteiger partial charge in [-0.3, -0.25) is 4.99 Å². The van der Waals surface area contributed by atoms with Gasteiger partial charge in [0.1, 0.15) is 0 Å². The first-order valence-corrected chi connectivity index (χ1v) is 11.7. The highest BCUT2D eigenvalue weighted by molar-refractivity contribution is 14.0. The van der Waals surface area contributed by atoms with Crippen LogP contribution in [0.5, 0.6) is 0 Å². The Morgan fingerprint density at radius 1 is 1.14 bits per heavy atom. The van der Waals surface area contributed by atoms with E-state index in [0.717, 1.165) is 48.2 Å². The number of sulfone groups is 1. The van der Waals surface area contributed by atoms with E-state index in [0.29, 0.717) is 11.4 Å². The number of aryl methyl sites for hydroxylation is 2. The van der Waals surface area contributed by atoms with Gasteiger partial charge in [0.2, 0.25) is 0 Å². The van der Waals surface area contributed by atoms with Crippen LogP contribution < -0.4 is 10.6 Å². The molecule has 0 aliphatic heterocycles. The Hall–Kier alpha value is -1.20. The Bertz CT molecular complexity index is 858. The molecular weight excluding hydrogens is 507 g/mol. The summed E-state index contributed by atoms with van der Waals surface area (Å²) < 4.78 is 23.0. The second-order valence-electron chi connectivity index (χ2n) is 6.35. The molecule has 1 heterocycles. The third-order valence-corrected chi connectivity index (χ3v) is 6.33. The summed E-state index contributed by atoms with van der Waals surface area (Å²) in [5.41, 5.74) is 2.19. The highest BCUT2D eigenvalue weighted by Crippen LogP contribution is 2.16. The fourth-order valence-electron chi connectivity index (χ4n) is 2.48. The van der Waals surface area contributed by atoms with E-state index in [1.165, 1.54) is 11.1 Å². The summed E-state index contributed by atoms with van der Waals surface area (Å²) in [6, 6.07) is 7.02. The van der Waals surface area contributed by atoms with Crippen LogP contribution in [0.3, 0.4) is 0 Å². The summed E-state index contributed by atoms with van der Waals surface area (Å²) >= 11 is 1.73. The molecule has 0 fully saturated rings. The number of aromatic nitrogens is 1. The number of halogens is 1. The molecule has 0 saturated heterocycles. The van der Waals surface area contributed by atoms with Gasteiger partial charge in [-0.05, 0) is 44.9 Å². The van der Waals surface area contributed by atoms with Crippen LogP contribution >= 0.6 is 35.3 Å². The third-order valence-electron chi connectivity index (χ3n) is 4.07. The van der Waals surface area contributed by atoms with Crippen LogP contribution in [0.2, 0.25) is 0 Å². The maximum Gasteiger partial charge on any atom is 0.191 e. The number of nitrogens with one attached hydrogen (secondary N) is 2. The van der Waals surface area contributed by atoms with Gasteiger partial charge >= 0.3 is 0 Å². The molecule has 156 valence electrons. The van der Waals surface area contributed by atoms with Crippen molar-refractivity contribution in [2.75, 3.05) is 25.9 Å². The fourth-order valence-corrected chi connectivity index (χ4v) is 4.03. The molecule has 0 saturated carbocycles. The normalized spacial score (nSPS) is 11.8. The topological polar surface area (TPSA) is 83.4 Å². The molecular formula is C19H29IN4O2S2. The van der Waals surface area contributed by atoms with Crippen LogP contribution in [0.4, 0.5) is 0 Å². The van der Waals surface area contributed by atoms with Crippen molar-refractivity contribution in [2.45, 2.75) is 38.5 Å². The van der Waals surface area contributed by atoms with E-state index in [2.05, 4.69) is 27.5 Å². The van der Waals surface area contributed by atoms with Gasteiger partial charge < -0.3 is 10.6 Å². The molecule has 1 aromatic carbocycles. The summed E-state index contributed by atoms with van der Waals surface area (Å²) in [6.45, 7) is 8.36. The molecule has 1 aromatic heterocycles. The average molecular weight is 537 g/mol. The van der Waals surface area contributed by atoms with Crippen LogP contribution in [-0.2, 0) is 22.7 Å². The van der Waals surface area contributed by atoms with Crippen molar-refractivity contribution in [3.63, 3.8) is 0 Å². The van der Waals surface area contributed by atoms with E-state index in [1.54, 1.807) is 23.5 Å². The van der Waals surface area contributed by atoms with Gasteiger partial charge in [0, 0.05) is 37.2 Å². The van der Waals surface area contributed by atoms with Gasteiger partial charge in [-0.2, -0.15) is 0 Å². The smallest absolute Gasteiger partial charge is 0.191 e. The van der Waals surface area contributed by atoms with Gasteiger partial charge in [-0.1, -0.05) is 12.1 Å². The zero-order valence-corrected chi connectivity index (χ0v) is 20.7. The van der Waals surface area contributed by atoms with Crippen molar-refractivity contribution < 1.29 is 8.42 Å². The van der Waals surface area contributed by atoms with E-state index in [4.69, 9.17) is 0 Å². The van der Waals surface area contributed by atoms with Gasteiger partial charge in [0.15, 0.2) is 15.8 Å². The number of rotatable bonds is 8. The number of thiazole rings is 1. The minimum atomic E-state index is -3.14. The van der Waals surface area contributed by atoms with Crippen LogP contribution in [0.25, 0.3) is 0 Å². The maximum atomic E-state index is 11.5. The van der Waals surface area contributed by atoms with Crippen LogP contribution in [0, 0.1) is 13.8 Å². The lowest BCUT2D eigenvalue weighted by Crippen LogP contribution is -2.38. The molecule has 0 bridgehead atoms. The molecule has 0 aliphatic rings. The SMILES string of the molecule is CCNC(=NCCc1nc(C)c(C)s1)NCCc1ccc(S(C)(=O)=O)cc1.I. The maximum absolute atomic E-state index is 11.5. The standard InChI is InChI=1S/C19H28N4O2S2.HI/c1-5-20-19(22-13-11-18-23-14(2)15(3)26-18)21-12-10-16-6-8-17(9-7-16)27(4,24)25;/h6-9H,5,10-13H2,1-4H3,(H2,20,21,22);1H. The first-order valence-electron chi connectivity index (χ1n) is 9.03. The third kappa shape index (κ3) is 8.04. The second-order valence-corrected chi connectivity index (χ2v) is 9.66. The van der Waals surface area contributed by atoms with Gasteiger partial charge in [0.25, 0.3) is 0 Å². The van der Waals surface area contributed by atoms with E-state index in [1.807, 2.05) is 26.0 Å². The number of nitrogens with zero attached hydrogens (tertiary/aromatic N) is 2. The monoisotopic (exact) mass is 536 g/mol. The molecule has 6 nitrogen and oxygen atoms in total. The van der Waals surface area contributed by atoms with Gasteiger partial charge in [-0.25, -0.2) is 13.4 Å². The first-order chi connectivity index (χ1) is 12.8. The quantitative estimate of drug-likeness (QED) is 0.308. The summed E-state index contributed by atoms with van der Waals surface area (Å²) in [5, 5.41) is 7.68. The predicted octanol–water partition coefficient (Wildman–Crippen LogP) is 3.12. The Morgan fingerprint density at radius 3 is 2.36 bits per heavy atom. The Labute approximate surface area is 189 Å². The zero-order chi connectivity index (χ0) is 19.9. The van der Waals surface area contributed by atoms with Crippen molar-refractivity contribution in [1.29, 1.82) is 0 Å². The molecule has 0 unspecified atom stereocenters. The molecule has 28 heavy (non-hydrogen) atoms. The summed E-state index contributed by atoms with van der Waals surface area (Å²) in [6.07, 6.45) is 2.85. The number of hydrogen-bond donors (Lipinski definition) is 2. The lowest BCUT2D eigenvalue weighted by Gasteiger charge is -2.11. The summed E-state index contributed by atoms with van der Waals surface area (Å²) in [5.74, 6) is 0.787. The summed E-state index contributed by atoms with van der Waals surface area (Å²) in [4.78, 5) is 10.8. The van der Waals surface area contributed by atoms with E-state index < -0.39 is 9.84 Å². The van der Waals surface area contributed by atoms with Crippen LogP contribution in [0.15, 0.2) is 34.2 Å². The predicted molar refractivity (Wildman–Crippen MR) is 128 cm³/mol. The minimum Gasteiger partial charge on any atom is -0.357 e. The van der Waals surface area contributed by atoms with Gasteiger partial charge in [0.05, 0.1) is 15.6 Å².